The van der Waals surface area contributed by atoms with Gasteiger partial charge in [-0.25, -0.2) is 0 Å². The molecule has 2 heteroatoms. The summed E-state index contributed by atoms with van der Waals surface area (Å²) < 4.78 is 6.58. The van der Waals surface area contributed by atoms with Gasteiger partial charge in [0, 0.05) is 33.5 Å². The number of furan rings is 1. The first-order chi connectivity index (χ1) is 21.3. The van der Waals surface area contributed by atoms with Gasteiger partial charge in [0.1, 0.15) is 11.2 Å². The summed E-state index contributed by atoms with van der Waals surface area (Å²) in [6, 6.07) is 47.2. The van der Waals surface area contributed by atoms with Gasteiger partial charge in [-0.05, 0) is 56.1 Å². The molecule has 0 unspecified atom stereocenters. The second kappa shape index (κ2) is 10.3. The van der Waals surface area contributed by atoms with E-state index in [4.69, 9.17) is 10.2 Å². The van der Waals surface area contributed by atoms with Gasteiger partial charge in [-0.1, -0.05) is 140 Å². The summed E-state index contributed by atoms with van der Waals surface area (Å²) in [4.78, 5) is 0. The molecule has 8 aromatic rings. The van der Waals surface area contributed by atoms with E-state index < -0.39 is 0 Å². The molecule has 0 radical (unpaired) electrons. The first-order valence-corrected chi connectivity index (χ1v) is 14.7. The second-order valence-electron chi connectivity index (χ2n) is 11.0. The zero-order valence-corrected chi connectivity index (χ0v) is 23.6. The quantitative estimate of drug-likeness (QED) is 0.171. The van der Waals surface area contributed by atoms with Crippen molar-refractivity contribution in [2.45, 2.75) is 6.42 Å². The van der Waals surface area contributed by atoms with Crippen LogP contribution >= 0.6 is 0 Å². The monoisotopic (exact) mass is 551 g/mol. The van der Waals surface area contributed by atoms with Gasteiger partial charge in [-0.2, -0.15) is 0 Å². The Balaban J connectivity index is 1.24. The van der Waals surface area contributed by atoms with Crippen LogP contribution in [0.25, 0.3) is 71.0 Å². The van der Waals surface area contributed by atoms with Crippen LogP contribution in [0.5, 0.6) is 0 Å². The lowest BCUT2D eigenvalue weighted by Gasteiger charge is -2.16. The molecule has 0 fully saturated rings. The minimum absolute atomic E-state index is 0.772. The van der Waals surface area contributed by atoms with Gasteiger partial charge < -0.3 is 10.2 Å². The smallest absolute Gasteiger partial charge is 0.143 e. The van der Waals surface area contributed by atoms with Gasteiger partial charge in [0.05, 0.1) is 0 Å². The highest BCUT2D eigenvalue weighted by atomic mass is 16.3. The van der Waals surface area contributed by atoms with E-state index in [1.165, 1.54) is 43.6 Å². The van der Waals surface area contributed by atoms with E-state index >= 15 is 0 Å². The molecule has 0 aliphatic heterocycles. The molecule has 0 spiro atoms. The number of hydrogen-bond donors (Lipinski definition) is 1. The molecule has 0 aliphatic carbocycles. The molecule has 0 bridgehead atoms. The number of rotatable bonds is 5. The van der Waals surface area contributed by atoms with E-state index in [0.29, 0.717) is 0 Å². The Morgan fingerprint density at radius 2 is 1.14 bits per heavy atom. The second-order valence-corrected chi connectivity index (χ2v) is 11.0. The van der Waals surface area contributed by atoms with Crippen molar-refractivity contribution in [1.29, 1.82) is 0 Å². The molecule has 0 amide bonds. The molecule has 1 heterocycles. The van der Waals surface area contributed by atoms with E-state index in [-0.39, 0.29) is 0 Å². The van der Waals surface area contributed by atoms with E-state index in [0.717, 1.165) is 44.9 Å². The molecular formula is C41H29NO. The van der Waals surface area contributed by atoms with Gasteiger partial charge in [-0.3, -0.25) is 0 Å². The zero-order chi connectivity index (χ0) is 28.8. The Hall–Kier alpha value is -5.60. The first kappa shape index (κ1) is 25.1. The van der Waals surface area contributed by atoms with Crippen molar-refractivity contribution >= 4 is 59.8 Å². The minimum Gasteiger partial charge on any atom is -0.455 e. The summed E-state index contributed by atoms with van der Waals surface area (Å²) in [5.41, 5.74) is 13.8. The number of para-hydroxylation sites is 1. The minimum atomic E-state index is 0.772. The van der Waals surface area contributed by atoms with Gasteiger partial charge in [0.15, 0.2) is 0 Å². The van der Waals surface area contributed by atoms with Crippen molar-refractivity contribution in [2.75, 3.05) is 0 Å². The summed E-state index contributed by atoms with van der Waals surface area (Å²) in [5.74, 6) is 0. The topological polar surface area (TPSA) is 39.2 Å². The predicted octanol–water partition coefficient (Wildman–Crippen LogP) is 10.8. The number of benzene rings is 7. The molecule has 8 rings (SSSR count). The summed E-state index contributed by atoms with van der Waals surface area (Å²) in [5, 5.41) is 9.58. The molecule has 1 aromatic heterocycles. The number of fused-ring (bicyclic) bond motifs is 7. The summed E-state index contributed by atoms with van der Waals surface area (Å²) in [6.07, 6.45) is 6.82. The lowest BCUT2D eigenvalue weighted by Crippen LogP contribution is -1.93. The molecule has 43 heavy (non-hydrogen) atoms. The van der Waals surface area contributed by atoms with Crippen LogP contribution in [0.1, 0.15) is 11.1 Å². The van der Waals surface area contributed by atoms with E-state index in [9.17, 15) is 0 Å². The van der Waals surface area contributed by atoms with Crippen molar-refractivity contribution in [3.8, 4) is 11.1 Å². The highest BCUT2D eigenvalue weighted by Gasteiger charge is 2.16. The van der Waals surface area contributed by atoms with Gasteiger partial charge in [0.25, 0.3) is 0 Å². The molecular weight excluding hydrogens is 522 g/mol. The summed E-state index contributed by atoms with van der Waals surface area (Å²) in [7, 11) is 0. The lowest BCUT2D eigenvalue weighted by molar-refractivity contribution is 0.671. The fraction of sp³-hybridized carbons (Fsp3) is 0.0244. The molecule has 2 nitrogen and oxygen atoms in total. The Bertz CT molecular complexity index is 2320. The summed E-state index contributed by atoms with van der Waals surface area (Å²) in [6.45, 7) is 0. The first-order valence-electron chi connectivity index (χ1n) is 14.7. The van der Waals surface area contributed by atoms with Crippen LogP contribution in [0.2, 0.25) is 0 Å². The van der Waals surface area contributed by atoms with Crippen molar-refractivity contribution in [3.63, 3.8) is 0 Å². The van der Waals surface area contributed by atoms with Gasteiger partial charge in [-0.15, -0.1) is 0 Å². The highest BCUT2D eigenvalue weighted by Crippen LogP contribution is 2.40. The number of nitrogens with two attached hydrogens (primary N) is 1. The molecule has 0 saturated carbocycles. The largest absolute Gasteiger partial charge is 0.455 e. The Labute approximate surface area is 250 Å². The fourth-order valence-corrected chi connectivity index (χ4v) is 6.65. The highest BCUT2D eigenvalue weighted by molar-refractivity contribution is 6.17. The maximum absolute atomic E-state index is 6.58. The molecule has 0 saturated heterocycles. The van der Waals surface area contributed by atoms with Crippen molar-refractivity contribution in [1.82, 2.24) is 0 Å². The van der Waals surface area contributed by atoms with Gasteiger partial charge in [0.2, 0.25) is 0 Å². The zero-order valence-electron chi connectivity index (χ0n) is 23.6. The molecule has 2 N–H and O–H groups in total. The third-order valence-electron chi connectivity index (χ3n) is 8.60. The summed E-state index contributed by atoms with van der Waals surface area (Å²) >= 11 is 0. The average Bonchev–Trinajstić information content (AvgIpc) is 3.46. The molecule has 204 valence electrons. The van der Waals surface area contributed by atoms with Crippen LogP contribution < -0.4 is 5.73 Å². The van der Waals surface area contributed by atoms with Crippen molar-refractivity contribution in [3.05, 3.63) is 163 Å². The fourth-order valence-electron chi connectivity index (χ4n) is 6.65. The standard InChI is InChI=1S/C41H29NO/c42-26-29(31-21-11-23-37-38-25-24-27-12-4-5-16-30(27)40(38)43-41(31)37)15-10-22-32-33-17-6-8-19-35(33)39(28-13-2-1-3-14-28)36-20-9-7-18-34(32)36/h1-21,23-26H,22,42H2/b15-10-,29-26+. The van der Waals surface area contributed by atoms with Crippen LogP contribution in [0.3, 0.4) is 0 Å². The third-order valence-corrected chi connectivity index (χ3v) is 8.60. The number of allylic oxidation sites excluding steroid dienone is 3. The Kier molecular flexibility index (Phi) is 6.05. The average molecular weight is 552 g/mol. The normalized spacial score (nSPS) is 12.4. The lowest BCUT2D eigenvalue weighted by atomic mass is 9.87. The SMILES string of the molecule is N/C=C(\C=C/Cc1c2ccccc2c(-c2ccccc2)c2ccccc12)c1cccc2c1oc1c3ccccc3ccc21. The van der Waals surface area contributed by atoms with Crippen LogP contribution in [-0.4, -0.2) is 0 Å². The predicted molar refractivity (Wildman–Crippen MR) is 183 cm³/mol. The van der Waals surface area contributed by atoms with Crippen molar-refractivity contribution in [2.24, 2.45) is 5.73 Å². The van der Waals surface area contributed by atoms with E-state index in [1.807, 2.05) is 0 Å². The van der Waals surface area contributed by atoms with Crippen molar-refractivity contribution < 1.29 is 4.42 Å². The van der Waals surface area contributed by atoms with Crippen LogP contribution in [0.15, 0.2) is 156 Å². The Morgan fingerprint density at radius 3 is 1.86 bits per heavy atom. The Morgan fingerprint density at radius 1 is 0.535 bits per heavy atom. The third kappa shape index (κ3) is 4.11. The van der Waals surface area contributed by atoms with Crippen LogP contribution in [-0.2, 0) is 6.42 Å². The van der Waals surface area contributed by atoms with E-state index in [1.54, 1.807) is 6.20 Å². The molecule has 0 atom stereocenters. The van der Waals surface area contributed by atoms with Crippen LogP contribution in [0.4, 0.5) is 0 Å². The molecule has 0 aliphatic rings. The maximum Gasteiger partial charge on any atom is 0.143 e. The van der Waals surface area contributed by atoms with Crippen LogP contribution in [0, 0.1) is 0 Å². The van der Waals surface area contributed by atoms with Gasteiger partial charge >= 0.3 is 0 Å². The van der Waals surface area contributed by atoms with E-state index in [2.05, 4.69) is 146 Å². The maximum atomic E-state index is 6.58. The molecule has 7 aromatic carbocycles. The number of hydrogen-bond acceptors (Lipinski definition) is 2.